The quantitative estimate of drug-likeness (QED) is 0.565. The summed E-state index contributed by atoms with van der Waals surface area (Å²) in [5.41, 5.74) is 0. The molecule has 3 amide bonds. The van der Waals surface area contributed by atoms with Crippen molar-refractivity contribution < 1.29 is 9.59 Å². The Morgan fingerprint density at radius 2 is 2.08 bits per heavy atom. The Morgan fingerprint density at radius 1 is 1.54 bits per heavy atom. The molecule has 0 spiro atoms. The molecule has 1 aliphatic heterocycles. The zero-order valence-electron chi connectivity index (χ0n) is 7.30. The maximum Gasteiger partial charge on any atom is 0.324 e. The van der Waals surface area contributed by atoms with Crippen LogP contribution in [0.25, 0.3) is 0 Å². The van der Waals surface area contributed by atoms with Crippen LogP contribution >= 0.6 is 23.2 Å². The van der Waals surface area contributed by atoms with E-state index in [1.807, 2.05) is 0 Å². The smallest absolute Gasteiger partial charge is 0.309 e. The van der Waals surface area contributed by atoms with Gasteiger partial charge in [-0.05, 0) is 13.8 Å². The second-order valence-corrected chi connectivity index (χ2v) is 4.88. The van der Waals surface area contributed by atoms with Crippen molar-refractivity contribution >= 4 is 35.1 Å². The van der Waals surface area contributed by atoms with Gasteiger partial charge in [0.15, 0.2) is 0 Å². The molecule has 4 nitrogen and oxygen atoms in total. The van der Waals surface area contributed by atoms with E-state index < -0.39 is 16.4 Å². The maximum absolute atomic E-state index is 11.1. The lowest BCUT2D eigenvalue weighted by Gasteiger charge is -2.29. The molecule has 0 aromatic carbocycles. The van der Waals surface area contributed by atoms with Crippen LogP contribution in [0.1, 0.15) is 13.8 Å². The fourth-order valence-corrected chi connectivity index (χ4v) is 1.28. The second kappa shape index (κ2) is 3.35. The zero-order valence-corrected chi connectivity index (χ0v) is 8.82. The zero-order chi connectivity index (χ0) is 10.2. The molecule has 0 aliphatic carbocycles. The van der Waals surface area contributed by atoms with E-state index in [1.165, 1.54) is 4.90 Å². The molecule has 0 bridgehead atoms. The number of rotatable bonds is 2. The van der Waals surface area contributed by atoms with Crippen LogP contribution in [-0.2, 0) is 4.79 Å². The van der Waals surface area contributed by atoms with Gasteiger partial charge in [-0.25, -0.2) is 4.79 Å². The first-order chi connectivity index (χ1) is 5.82. The summed E-state index contributed by atoms with van der Waals surface area (Å²) in [5, 5.41) is 2.15. The minimum atomic E-state index is -1.05. The van der Waals surface area contributed by atoms with Crippen molar-refractivity contribution in [1.82, 2.24) is 10.2 Å². The highest BCUT2D eigenvalue weighted by atomic mass is 35.5. The molecule has 1 atom stereocenters. The maximum atomic E-state index is 11.1. The number of amides is 3. The lowest BCUT2D eigenvalue weighted by molar-refractivity contribution is -0.118. The van der Waals surface area contributed by atoms with Crippen molar-refractivity contribution in [3.05, 3.63) is 0 Å². The summed E-state index contributed by atoms with van der Waals surface area (Å²) in [5.74, 6) is -0.325. The molecule has 0 aromatic heterocycles. The van der Waals surface area contributed by atoms with Crippen LogP contribution in [-0.4, -0.2) is 33.8 Å². The Bertz CT molecular complexity index is 249. The van der Waals surface area contributed by atoms with Gasteiger partial charge in [0.1, 0.15) is 10.9 Å². The van der Waals surface area contributed by atoms with E-state index in [9.17, 15) is 9.59 Å². The monoisotopic (exact) mass is 224 g/mol. The molecule has 1 aliphatic rings. The van der Waals surface area contributed by atoms with Crippen molar-refractivity contribution in [3.8, 4) is 0 Å². The van der Waals surface area contributed by atoms with Gasteiger partial charge in [-0.2, -0.15) is 0 Å². The number of urea groups is 1. The van der Waals surface area contributed by atoms with E-state index in [-0.39, 0.29) is 12.5 Å². The number of alkyl halides is 2. The molecule has 0 aromatic rings. The van der Waals surface area contributed by atoms with Crippen molar-refractivity contribution in [1.29, 1.82) is 0 Å². The summed E-state index contributed by atoms with van der Waals surface area (Å²) in [6.07, 6.45) is 0. The Hall–Kier alpha value is -0.480. The molecule has 1 N–H and O–H groups in total. The summed E-state index contributed by atoms with van der Waals surface area (Å²) in [6, 6.07) is -0.840. The highest BCUT2D eigenvalue weighted by molar-refractivity contribution is 6.48. The van der Waals surface area contributed by atoms with Crippen LogP contribution in [0.4, 0.5) is 4.79 Å². The Kier molecular flexibility index (Phi) is 2.73. The molecule has 1 rings (SSSR count). The van der Waals surface area contributed by atoms with E-state index in [0.717, 1.165) is 0 Å². The minimum absolute atomic E-state index is 0.0228. The van der Waals surface area contributed by atoms with Gasteiger partial charge in [0.25, 0.3) is 0 Å². The largest absolute Gasteiger partial charge is 0.324 e. The van der Waals surface area contributed by atoms with Crippen molar-refractivity contribution in [2.45, 2.75) is 24.2 Å². The van der Waals surface area contributed by atoms with Gasteiger partial charge < -0.3 is 4.90 Å². The van der Waals surface area contributed by atoms with Crippen LogP contribution in [0.2, 0.25) is 0 Å². The molecule has 1 fully saturated rings. The van der Waals surface area contributed by atoms with Gasteiger partial charge in [0.05, 0.1) is 6.04 Å². The first-order valence-electron chi connectivity index (χ1n) is 3.80. The lowest BCUT2D eigenvalue weighted by atomic mass is 10.2. The molecule has 0 saturated carbocycles. The standard InChI is InChI=1S/C7H10Cl2N2O2/c1-4(7(2,8)9)11-3-5(12)10-6(11)13/h4H,3H2,1-2H3,(H,10,12,13). The highest BCUT2D eigenvalue weighted by Gasteiger charge is 2.38. The Balaban J connectivity index is 2.73. The normalized spacial score (nSPS) is 20.5. The third-order valence-electron chi connectivity index (χ3n) is 2.02. The first-order valence-corrected chi connectivity index (χ1v) is 4.56. The number of carbonyl (C=O) groups excluding carboxylic acids is 2. The number of halogens is 2. The molecule has 74 valence electrons. The Morgan fingerprint density at radius 3 is 2.38 bits per heavy atom. The van der Waals surface area contributed by atoms with Gasteiger partial charge in [0.2, 0.25) is 5.91 Å². The number of hydrogen-bond acceptors (Lipinski definition) is 2. The highest BCUT2D eigenvalue weighted by Crippen LogP contribution is 2.28. The summed E-state index contributed by atoms with van der Waals surface area (Å²) in [6.45, 7) is 3.30. The molecular weight excluding hydrogens is 215 g/mol. The van der Waals surface area contributed by atoms with E-state index in [4.69, 9.17) is 23.2 Å². The first kappa shape index (κ1) is 10.6. The minimum Gasteiger partial charge on any atom is -0.309 e. The van der Waals surface area contributed by atoms with Crippen molar-refractivity contribution in [2.75, 3.05) is 6.54 Å². The summed E-state index contributed by atoms with van der Waals surface area (Å²) in [7, 11) is 0. The van der Waals surface area contributed by atoms with Crippen LogP contribution < -0.4 is 5.32 Å². The van der Waals surface area contributed by atoms with Crippen LogP contribution in [0, 0.1) is 0 Å². The predicted octanol–water partition coefficient (Wildman–Crippen LogP) is 1.12. The van der Waals surface area contributed by atoms with Crippen LogP contribution in [0.5, 0.6) is 0 Å². The lowest BCUT2D eigenvalue weighted by Crippen LogP contribution is -2.44. The molecule has 1 heterocycles. The van der Waals surface area contributed by atoms with E-state index in [2.05, 4.69) is 5.32 Å². The third kappa shape index (κ3) is 2.25. The van der Waals surface area contributed by atoms with Gasteiger partial charge in [-0.15, -0.1) is 0 Å². The second-order valence-electron chi connectivity index (χ2n) is 3.11. The summed E-state index contributed by atoms with van der Waals surface area (Å²) >= 11 is 11.6. The number of hydrogen-bond donors (Lipinski definition) is 1. The van der Waals surface area contributed by atoms with Gasteiger partial charge in [0, 0.05) is 0 Å². The summed E-state index contributed by atoms with van der Waals surface area (Å²) in [4.78, 5) is 23.3. The SMILES string of the molecule is CC(N1CC(=O)NC1=O)C(C)(Cl)Cl. The fourth-order valence-electron chi connectivity index (χ4n) is 1.04. The summed E-state index contributed by atoms with van der Waals surface area (Å²) < 4.78 is -1.05. The van der Waals surface area contributed by atoms with Crippen molar-refractivity contribution in [3.63, 3.8) is 0 Å². The van der Waals surface area contributed by atoms with Gasteiger partial charge in [-0.3, -0.25) is 10.1 Å². The van der Waals surface area contributed by atoms with Crippen molar-refractivity contribution in [2.24, 2.45) is 0 Å². The number of nitrogens with one attached hydrogen (secondary N) is 1. The van der Waals surface area contributed by atoms with Gasteiger partial charge >= 0.3 is 6.03 Å². The van der Waals surface area contributed by atoms with E-state index in [0.29, 0.717) is 0 Å². The predicted molar refractivity (Wildman–Crippen MR) is 49.8 cm³/mol. The molecular formula is C7H10Cl2N2O2. The molecule has 6 heteroatoms. The molecule has 1 saturated heterocycles. The van der Waals surface area contributed by atoms with Crippen LogP contribution in [0.3, 0.4) is 0 Å². The number of imide groups is 1. The average molecular weight is 225 g/mol. The average Bonchev–Trinajstić information content (AvgIpc) is 2.26. The van der Waals surface area contributed by atoms with Crippen LogP contribution in [0.15, 0.2) is 0 Å². The van der Waals surface area contributed by atoms with Gasteiger partial charge in [-0.1, -0.05) is 23.2 Å². The number of nitrogens with zero attached hydrogens (tertiary/aromatic N) is 1. The molecule has 1 unspecified atom stereocenters. The van der Waals surface area contributed by atoms with E-state index in [1.54, 1.807) is 13.8 Å². The molecule has 0 radical (unpaired) electrons. The Labute approximate surface area is 86.2 Å². The van der Waals surface area contributed by atoms with E-state index >= 15 is 0 Å². The molecule has 13 heavy (non-hydrogen) atoms. The number of carbonyl (C=O) groups is 2. The fraction of sp³-hybridized carbons (Fsp3) is 0.714. The third-order valence-corrected chi connectivity index (χ3v) is 2.65. The topological polar surface area (TPSA) is 49.4 Å².